The lowest BCUT2D eigenvalue weighted by Gasteiger charge is -2.18. The van der Waals surface area contributed by atoms with Crippen LogP contribution >= 0.6 is 11.6 Å². The van der Waals surface area contributed by atoms with Crippen molar-refractivity contribution in [3.63, 3.8) is 0 Å². The molecule has 3 aromatic rings. The highest BCUT2D eigenvalue weighted by molar-refractivity contribution is 6.34. The molecular formula is C26H24ClN3O4. The average Bonchev–Trinajstić information content (AvgIpc) is 3.24. The highest BCUT2D eigenvalue weighted by Crippen LogP contribution is 2.31. The molecule has 1 aliphatic heterocycles. The van der Waals surface area contributed by atoms with Gasteiger partial charge < -0.3 is 20.3 Å². The summed E-state index contributed by atoms with van der Waals surface area (Å²) in [5.41, 5.74) is 2.20. The first-order valence-electron chi connectivity index (χ1n) is 10.8. The van der Waals surface area contributed by atoms with Crippen LogP contribution in [0, 0.1) is 5.92 Å². The fraction of sp³-hybridized carbons (Fsp3) is 0.192. The quantitative estimate of drug-likeness (QED) is 0.532. The summed E-state index contributed by atoms with van der Waals surface area (Å²) in [6.45, 7) is 0.529. The number of ether oxygens (including phenoxy) is 1. The van der Waals surface area contributed by atoms with Gasteiger partial charge in [0.15, 0.2) is 0 Å². The molecule has 1 saturated heterocycles. The van der Waals surface area contributed by atoms with Gasteiger partial charge >= 0.3 is 0 Å². The van der Waals surface area contributed by atoms with Crippen LogP contribution in [0.1, 0.15) is 22.3 Å². The van der Waals surface area contributed by atoms with Crippen LogP contribution in [0.25, 0.3) is 0 Å². The molecule has 0 spiro atoms. The maximum Gasteiger partial charge on any atom is 0.253 e. The van der Waals surface area contributed by atoms with Crippen LogP contribution in [-0.2, 0) is 16.1 Å². The number of amides is 3. The minimum absolute atomic E-state index is 0.0707. The monoisotopic (exact) mass is 477 g/mol. The third-order valence-corrected chi connectivity index (χ3v) is 5.98. The molecule has 2 N–H and O–H groups in total. The number of nitrogens with zero attached hydrogens (tertiary/aromatic N) is 1. The fourth-order valence-electron chi connectivity index (χ4n) is 3.87. The Morgan fingerprint density at radius 3 is 2.62 bits per heavy atom. The molecule has 3 aromatic carbocycles. The summed E-state index contributed by atoms with van der Waals surface area (Å²) < 4.78 is 5.21. The SMILES string of the molecule is COc1cccc(CNC(=O)c2ccccc2NC(=O)[C@H]2CC(=O)N(c3ccccc3Cl)C2)c1. The van der Waals surface area contributed by atoms with Crippen molar-refractivity contribution in [1.82, 2.24) is 5.32 Å². The molecule has 7 nitrogen and oxygen atoms in total. The van der Waals surface area contributed by atoms with Gasteiger partial charge in [0.25, 0.3) is 5.91 Å². The van der Waals surface area contributed by atoms with Crippen molar-refractivity contribution in [3.05, 3.63) is 88.9 Å². The summed E-state index contributed by atoms with van der Waals surface area (Å²) in [7, 11) is 1.59. The van der Waals surface area contributed by atoms with Crippen molar-refractivity contribution in [2.75, 3.05) is 23.9 Å². The van der Waals surface area contributed by atoms with Gasteiger partial charge in [-0.3, -0.25) is 14.4 Å². The average molecular weight is 478 g/mol. The van der Waals surface area contributed by atoms with Gasteiger partial charge in [-0.05, 0) is 42.0 Å². The van der Waals surface area contributed by atoms with E-state index in [0.29, 0.717) is 34.3 Å². The van der Waals surface area contributed by atoms with E-state index >= 15 is 0 Å². The van der Waals surface area contributed by atoms with Crippen molar-refractivity contribution >= 4 is 40.7 Å². The second kappa shape index (κ2) is 10.4. The zero-order valence-electron chi connectivity index (χ0n) is 18.6. The molecule has 174 valence electrons. The fourth-order valence-corrected chi connectivity index (χ4v) is 4.11. The van der Waals surface area contributed by atoms with Crippen molar-refractivity contribution in [2.24, 2.45) is 5.92 Å². The molecular weight excluding hydrogens is 454 g/mol. The summed E-state index contributed by atoms with van der Waals surface area (Å²) in [5.74, 6) is -0.666. The van der Waals surface area contributed by atoms with E-state index in [0.717, 1.165) is 5.56 Å². The van der Waals surface area contributed by atoms with E-state index < -0.39 is 5.92 Å². The van der Waals surface area contributed by atoms with Crippen LogP contribution in [0.4, 0.5) is 11.4 Å². The second-order valence-corrected chi connectivity index (χ2v) is 8.33. The lowest BCUT2D eigenvalue weighted by molar-refractivity contribution is -0.122. The smallest absolute Gasteiger partial charge is 0.253 e. The molecule has 0 unspecified atom stereocenters. The summed E-state index contributed by atoms with van der Waals surface area (Å²) in [6, 6.07) is 21.2. The molecule has 0 aliphatic carbocycles. The summed E-state index contributed by atoms with van der Waals surface area (Å²) in [6.07, 6.45) is 0.0707. The summed E-state index contributed by atoms with van der Waals surface area (Å²) in [4.78, 5) is 39.9. The number of hydrogen-bond donors (Lipinski definition) is 2. The number of halogens is 1. The predicted octanol–water partition coefficient (Wildman–Crippen LogP) is 4.27. The Balaban J connectivity index is 1.42. The molecule has 8 heteroatoms. The van der Waals surface area contributed by atoms with Crippen LogP contribution in [0.15, 0.2) is 72.8 Å². The Hall–Kier alpha value is -3.84. The zero-order chi connectivity index (χ0) is 24.1. The number of rotatable bonds is 7. The normalized spacial score (nSPS) is 15.2. The van der Waals surface area contributed by atoms with E-state index in [1.165, 1.54) is 4.90 Å². The van der Waals surface area contributed by atoms with Gasteiger partial charge in [0, 0.05) is 19.5 Å². The van der Waals surface area contributed by atoms with Crippen molar-refractivity contribution in [1.29, 1.82) is 0 Å². The van der Waals surface area contributed by atoms with Crippen molar-refractivity contribution < 1.29 is 19.1 Å². The predicted molar refractivity (Wildman–Crippen MR) is 131 cm³/mol. The number of hydrogen-bond acceptors (Lipinski definition) is 4. The van der Waals surface area contributed by atoms with Crippen molar-refractivity contribution in [2.45, 2.75) is 13.0 Å². The van der Waals surface area contributed by atoms with E-state index in [2.05, 4.69) is 10.6 Å². The zero-order valence-corrected chi connectivity index (χ0v) is 19.3. The maximum atomic E-state index is 13.0. The number of para-hydroxylation sites is 2. The lowest BCUT2D eigenvalue weighted by Crippen LogP contribution is -2.29. The molecule has 3 amide bonds. The Labute approximate surface area is 202 Å². The topological polar surface area (TPSA) is 87.7 Å². The standard InChI is InChI=1S/C26H24ClN3O4/c1-34-19-8-6-7-17(13-19)15-28-26(33)20-9-2-4-11-22(20)29-25(32)18-14-24(31)30(16-18)23-12-5-3-10-21(23)27/h2-13,18H,14-16H2,1H3,(H,28,33)(H,29,32)/t18-/m0/s1. The lowest BCUT2D eigenvalue weighted by atomic mass is 10.1. The van der Waals surface area contributed by atoms with Gasteiger partial charge in [-0.25, -0.2) is 0 Å². The number of carbonyl (C=O) groups is 3. The second-order valence-electron chi connectivity index (χ2n) is 7.93. The molecule has 34 heavy (non-hydrogen) atoms. The van der Waals surface area contributed by atoms with Gasteiger partial charge in [-0.1, -0.05) is 48.0 Å². The third-order valence-electron chi connectivity index (χ3n) is 5.66. The van der Waals surface area contributed by atoms with Crippen LogP contribution in [0.3, 0.4) is 0 Å². The van der Waals surface area contributed by atoms with Crippen LogP contribution in [0.5, 0.6) is 5.75 Å². The van der Waals surface area contributed by atoms with E-state index in [1.807, 2.05) is 24.3 Å². The van der Waals surface area contributed by atoms with Gasteiger partial charge in [0.05, 0.1) is 35.0 Å². The van der Waals surface area contributed by atoms with Gasteiger partial charge in [-0.15, -0.1) is 0 Å². The highest BCUT2D eigenvalue weighted by atomic mass is 35.5. The molecule has 4 rings (SSSR count). The van der Waals surface area contributed by atoms with E-state index in [9.17, 15) is 14.4 Å². The molecule has 0 aromatic heterocycles. The molecule has 1 heterocycles. The number of methoxy groups -OCH3 is 1. The van der Waals surface area contributed by atoms with Crippen LogP contribution in [-0.4, -0.2) is 31.4 Å². The molecule has 1 fully saturated rings. The first-order valence-corrected chi connectivity index (χ1v) is 11.2. The Morgan fingerprint density at radius 2 is 1.82 bits per heavy atom. The van der Waals surface area contributed by atoms with Crippen LogP contribution < -0.4 is 20.3 Å². The number of carbonyl (C=O) groups excluding carboxylic acids is 3. The third kappa shape index (κ3) is 5.21. The van der Waals surface area contributed by atoms with Gasteiger partial charge in [-0.2, -0.15) is 0 Å². The van der Waals surface area contributed by atoms with Crippen molar-refractivity contribution in [3.8, 4) is 5.75 Å². The number of nitrogens with one attached hydrogen (secondary N) is 2. The van der Waals surface area contributed by atoms with E-state index in [-0.39, 0.29) is 30.7 Å². The summed E-state index contributed by atoms with van der Waals surface area (Å²) >= 11 is 6.23. The highest BCUT2D eigenvalue weighted by Gasteiger charge is 2.36. The first-order chi connectivity index (χ1) is 16.5. The van der Waals surface area contributed by atoms with E-state index in [4.69, 9.17) is 16.3 Å². The maximum absolute atomic E-state index is 13.0. The largest absolute Gasteiger partial charge is 0.497 e. The van der Waals surface area contributed by atoms with Gasteiger partial charge in [0.2, 0.25) is 11.8 Å². The minimum atomic E-state index is -0.559. The Morgan fingerprint density at radius 1 is 1.06 bits per heavy atom. The molecule has 1 atom stereocenters. The number of anilines is 2. The minimum Gasteiger partial charge on any atom is -0.497 e. The van der Waals surface area contributed by atoms with Crippen LogP contribution in [0.2, 0.25) is 5.02 Å². The number of benzene rings is 3. The van der Waals surface area contributed by atoms with E-state index in [1.54, 1.807) is 55.6 Å². The molecule has 0 saturated carbocycles. The Kier molecular flexibility index (Phi) is 7.13. The summed E-state index contributed by atoms with van der Waals surface area (Å²) in [5, 5.41) is 6.15. The Bertz CT molecular complexity index is 1230. The van der Waals surface area contributed by atoms with Gasteiger partial charge in [0.1, 0.15) is 5.75 Å². The first kappa shape index (κ1) is 23.3. The molecule has 0 radical (unpaired) electrons. The molecule has 1 aliphatic rings. The molecule has 0 bridgehead atoms.